The number of hydrogen-bond acceptors (Lipinski definition) is 8. The number of carbonyl (C=O) groups is 4. The van der Waals surface area contributed by atoms with E-state index in [-0.39, 0.29) is 18.4 Å². The molecule has 51 heavy (non-hydrogen) atoms. The molecule has 0 radical (unpaired) electrons. The zero-order valence-corrected chi connectivity index (χ0v) is 31.9. The highest BCUT2D eigenvalue weighted by Crippen LogP contribution is 2.44. The molecule has 2 aromatic carbocycles. The first-order valence-corrected chi connectivity index (χ1v) is 18.6. The van der Waals surface area contributed by atoms with Crippen LogP contribution in [-0.4, -0.2) is 66.7 Å². The van der Waals surface area contributed by atoms with Gasteiger partial charge in [-0.25, -0.2) is 19.2 Å². The number of hydrogen-bond donors (Lipinski definition) is 1. The summed E-state index contributed by atoms with van der Waals surface area (Å²) < 4.78 is 21.5. The van der Waals surface area contributed by atoms with Crippen molar-refractivity contribution in [2.24, 2.45) is 0 Å². The summed E-state index contributed by atoms with van der Waals surface area (Å²) in [5.74, 6) is -0.616. The average Bonchev–Trinajstić information content (AvgIpc) is 3.38. The Balaban J connectivity index is 1.25. The van der Waals surface area contributed by atoms with Crippen LogP contribution < -0.4 is 5.32 Å². The molecule has 10 nitrogen and oxygen atoms in total. The van der Waals surface area contributed by atoms with Gasteiger partial charge >= 0.3 is 24.2 Å². The van der Waals surface area contributed by atoms with Gasteiger partial charge in [0.15, 0.2) is 0 Å². The van der Waals surface area contributed by atoms with Gasteiger partial charge in [0, 0.05) is 12.5 Å². The number of esters is 1. The van der Waals surface area contributed by atoms with Gasteiger partial charge < -0.3 is 24.3 Å². The number of amides is 3. The Bertz CT molecular complexity index is 1350. The van der Waals surface area contributed by atoms with Gasteiger partial charge in [-0.1, -0.05) is 113 Å². The predicted molar refractivity (Wildman–Crippen MR) is 199 cm³/mol. The second kappa shape index (κ2) is 20.1. The van der Waals surface area contributed by atoms with Crippen molar-refractivity contribution in [2.45, 2.75) is 142 Å². The van der Waals surface area contributed by atoms with Gasteiger partial charge in [0.05, 0.1) is 7.11 Å². The van der Waals surface area contributed by atoms with Crippen molar-refractivity contribution in [3.8, 4) is 11.1 Å². The summed E-state index contributed by atoms with van der Waals surface area (Å²) in [6.45, 7) is 11.1. The van der Waals surface area contributed by atoms with E-state index in [2.05, 4.69) is 29.6 Å². The predicted octanol–water partition coefficient (Wildman–Crippen LogP) is 9.92. The highest BCUT2D eigenvalue weighted by molar-refractivity contribution is 5.94. The Labute approximate surface area is 304 Å². The maximum Gasteiger partial charge on any atom is 0.420 e. The normalized spacial score (nSPS) is 13.1. The lowest BCUT2D eigenvalue weighted by molar-refractivity contribution is -0.147. The molecule has 3 amide bonds. The first kappa shape index (κ1) is 41.3. The van der Waals surface area contributed by atoms with Crippen LogP contribution in [0.2, 0.25) is 0 Å². The van der Waals surface area contributed by atoms with Crippen molar-refractivity contribution in [1.82, 2.24) is 10.2 Å². The van der Waals surface area contributed by atoms with Crippen LogP contribution in [0.4, 0.5) is 14.4 Å². The van der Waals surface area contributed by atoms with E-state index in [1.807, 2.05) is 24.3 Å². The molecular weight excluding hydrogens is 648 g/mol. The van der Waals surface area contributed by atoms with E-state index >= 15 is 0 Å². The van der Waals surface area contributed by atoms with E-state index in [4.69, 9.17) is 18.9 Å². The molecule has 2 aromatic rings. The van der Waals surface area contributed by atoms with Crippen LogP contribution in [0.25, 0.3) is 11.1 Å². The minimum absolute atomic E-state index is 0.0645. The number of nitrogens with zero attached hydrogens (tertiary/aromatic N) is 1. The fourth-order valence-electron chi connectivity index (χ4n) is 6.33. The fraction of sp³-hybridized carbons (Fsp3) is 0.610. The number of ether oxygens (including phenoxy) is 4. The molecular formula is C41H60N2O8. The molecule has 0 spiro atoms. The van der Waals surface area contributed by atoms with Crippen LogP contribution in [-0.2, 0) is 23.7 Å². The lowest BCUT2D eigenvalue weighted by atomic mass is 9.98. The van der Waals surface area contributed by atoms with Crippen molar-refractivity contribution in [3.63, 3.8) is 0 Å². The molecule has 0 fully saturated rings. The molecule has 282 valence electrons. The van der Waals surface area contributed by atoms with E-state index in [1.54, 1.807) is 41.5 Å². The highest BCUT2D eigenvalue weighted by Gasteiger charge is 2.40. The number of nitrogens with one attached hydrogen (secondary N) is 1. The number of rotatable bonds is 18. The maximum absolute atomic E-state index is 13.0. The maximum atomic E-state index is 13.0. The van der Waals surface area contributed by atoms with E-state index < -0.39 is 35.4 Å². The Morgan fingerprint density at radius 3 is 1.55 bits per heavy atom. The van der Waals surface area contributed by atoms with Gasteiger partial charge in [0.2, 0.25) is 0 Å². The third kappa shape index (κ3) is 13.9. The highest BCUT2D eigenvalue weighted by atomic mass is 16.6. The third-order valence-corrected chi connectivity index (χ3v) is 8.73. The molecule has 10 heteroatoms. The first-order chi connectivity index (χ1) is 24.2. The molecule has 0 heterocycles. The van der Waals surface area contributed by atoms with Gasteiger partial charge in [-0.15, -0.1) is 0 Å². The van der Waals surface area contributed by atoms with Gasteiger partial charge in [-0.05, 0) is 76.6 Å². The molecule has 3 rings (SSSR count). The van der Waals surface area contributed by atoms with Crippen LogP contribution in [0.3, 0.4) is 0 Å². The molecule has 0 saturated carbocycles. The van der Waals surface area contributed by atoms with Gasteiger partial charge in [-0.3, -0.25) is 0 Å². The lowest BCUT2D eigenvalue weighted by Gasteiger charge is -2.32. The molecule has 1 aliphatic rings. The van der Waals surface area contributed by atoms with Gasteiger partial charge in [-0.2, -0.15) is 4.90 Å². The number of carbonyl (C=O) groups excluding carboxylic acids is 4. The Morgan fingerprint density at radius 1 is 0.667 bits per heavy atom. The minimum atomic E-state index is -1.13. The van der Waals surface area contributed by atoms with Crippen LogP contribution >= 0.6 is 0 Å². The number of imide groups is 1. The molecule has 0 aliphatic heterocycles. The quantitative estimate of drug-likeness (QED) is 0.0923. The van der Waals surface area contributed by atoms with Gasteiger partial charge in [0.25, 0.3) is 0 Å². The lowest BCUT2D eigenvalue weighted by Crippen LogP contribution is -2.52. The fourth-order valence-corrected chi connectivity index (χ4v) is 6.33. The summed E-state index contributed by atoms with van der Waals surface area (Å²) in [6, 6.07) is 15.5. The summed E-state index contributed by atoms with van der Waals surface area (Å²) in [4.78, 5) is 51.9. The Kier molecular flexibility index (Phi) is 16.3. The topological polar surface area (TPSA) is 120 Å². The van der Waals surface area contributed by atoms with E-state index in [0.29, 0.717) is 19.6 Å². The molecule has 1 aliphatic carbocycles. The van der Waals surface area contributed by atoms with E-state index in [9.17, 15) is 19.2 Å². The second-order valence-electron chi connectivity index (χ2n) is 15.3. The van der Waals surface area contributed by atoms with E-state index in [0.717, 1.165) is 62.7 Å². The average molecular weight is 709 g/mol. The number of benzene rings is 2. The molecule has 0 bridgehead atoms. The standard InChI is InChI=1S/C41H60N2O8/c1-40(2,3)50-38(46)43(39(47)51-41(4,5)6)35(36(44)48-7)27-17-15-13-11-9-8-10-12-14-16-22-28-42-37(45)49-29-34-32-25-20-18-23-30(32)31-24-19-21-26-33(31)34/h18-21,23-26,34-35H,8-17,22,27-29H2,1-7H3,(H,42,45)/t35-/m0/s1. The summed E-state index contributed by atoms with van der Waals surface area (Å²) in [5.41, 5.74) is 3.14. The molecule has 0 saturated heterocycles. The summed E-state index contributed by atoms with van der Waals surface area (Å²) in [5, 5.41) is 2.91. The summed E-state index contributed by atoms with van der Waals surface area (Å²) in [6.07, 6.45) is 9.37. The van der Waals surface area contributed by atoms with Crippen LogP contribution in [0.1, 0.15) is 136 Å². The Hall–Kier alpha value is -4.08. The monoisotopic (exact) mass is 708 g/mol. The number of methoxy groups -OCH3 is 1. The molecule has 0 aromatic heterocycles. The van der Waals surface area contributed by atoms with Crippen molar-refractivity contribution in [1.29, 1.82) is 0 Å². The summed E-state index contributed by atoms with van der Waals surface area (Å²) >= 11 is 0. The molecule has 1 N–H and O–H groups in total. The molecule has 1 atom stereocenters. The zero-order valence-electron chi connectivity index (χ0n) is 31.9. The second-order valence-corrected chi connectivity index (χ2v) is 15.3. The largest absolute Gasteiger partial charge is 0.467 e. The van der Waals surface area contributed by atoms with Crippen LogP contribution in [0.5, 0.6) is 0 Å². The van der Waals surface area contributed by atoms with Crippen molar-refractivity contribution < 1.29 is 38.1 Å². The number of alkyl carbamates (subject to hydrolysis) is 1. The van der Waals surface area contributed by atoms with Gasteiger partial charge in [0.1, 0.15) is 23.9 Å². The van der Waals surface area contributed by atoms with Crippen LogP contribution in [0.15, 0.2) is 48.5 Å². The number of unbranched alkanes of at least 4 members (excludes halogenated alkanes) is 10. The first-order valence-electron chi connectivity index (χ1n) is 18.6. The van der Waals surface area contributed by atoms with E-state index in [1.165, 1.54) is 35.8 Å². The van der Waals surface area contributed by atoms with Crippen molar-refractivity contribution in [2.75, 3.05) is 20.3 Å². The number of fused-ring (bicyclic) bond motifs is 3. The minimum Gasteiger partial charge on any atom is -0.467 e. The zero-order chi connectivity index (χ0) is 37.4. The smallest absolute Gasteiger partial charge is 0.420 e. The van der Waals surface area contributed by atoms with Crippen molar-refractivity contribution >= 4 is 24.2 Å². The van der Waals surface area contributed by atoms with Crippen molar-refractivity contribution in [3.05, 3.63) is 59.7 Å². The third-order valence-electron chi connectivity index (χ3n) is 8.73. The SMILES string of the molecule is COC(=O)[C@H](CCCCCCCCCCCCCNC(=O)OCC1c2ccccc2-c2ccccc21)N(C(=O)OC(C)(C)C)C(=O)OC(C)(C)C. The Morgan fingerprint density at radius 2 is 1.10 bits per heavy atom. The summed E-state index contributed by atoms with van der Waals surface area (Å²) in [7, 11) is 1.24. The molecule has 0 unspecified atom stereocenters. The van der Waals surface area contributed by atoms with Crippen LogP contribution in [0, 0.1) is 0 Å².